The van der Waals surface area contributed by atoms with Crippen LogP contribution in [0.2, 0.25) is 5.02 Å². The molecule has 0 aliphatic carbocycles. The lowest BCUT2D eigenvalue weighted by Gasteiger charge is -2.16. The number of hydrogen-bond donors (Lipinski definition) is 2. The Morgan fingerprint density at radius 3 is 2.89 bits per heavy atom. The summed E-state index contributed by atoms with van der Waals surface area (Å²) in [6.45, 7) is 2.11. The first kappa shape index (κ1) is 18.0. The van der Waals surface area contributed by atoms with Crippen molar-refractivity contribution in [2.75, 3.05) is 23.3 Å². The highest BCUT2D eigenvalue weighted by molar-refractivity contribution is 6.30. The van der Waals surface area contributed by atoms with Gasteiger partial charge in [0, 0.05) is 41.8 Å². The van der Waals surface area contributed by atoms with E-state index in [-0.39, 0.29) is 0 Å². The van der Waals surface area contributed by atoms with Crippen molar-refractivity contribution < 1.29 is 0 Å². The standard InChI is InChI=1S/C20H18ClN7/c21-15-4-3-5-16(9-15)25-20-18(10-22)19(26-27-20)24-12-14-8-17(13-23-11-14)28-6-1-2-7-28/h3-5,8-9,11-13H,1-2,6-7H2,(H2,25,26,27). The molecule has 1 aliphatic heterocycles. The molecule has 1 aromatic carbocycles. The first-order valence-corrected chi connectivity index (χ1v) is 9.36. The second-order valence-electron chi connectivity index (χ2n) is 6.47. The van der Waals surface area contributed by atoms with Crippen LogP contribution in [-0.2, 0) is 0 Å². The summed E-state index contributed by atoms with van der Waals surface area (Å²) in [6, 6.07) is 11.4. The number of aromatic amines is 1. The molecule has 0 atom stereocenters. The van der Waals surface area contributed by atoms with E-state index >= 15 is 0 Å². The van der Waals surface area contributed by atoms with E-state index in [1.54, 1.807) is 24.5 Å². The maximum atomic E-state index is 9.54. The summed E-state index contributed by atoms with van der Waals surface area (Å²) in [5, 5.41) is 20.2. The van der Waals surface area contributed by atoms with E-state index < -0.39 is 0 Å². The monoisotopic (exact) mass is 391 g/mol. The van der Waals surface area contributed by atoms with Gasteiger partial charge in [0.15, 0.2) is 5.82 Å². The van der Waals surface area contributed by atoms with E-state index in [1.807, 2.05) is 24.4 Å². The fraction of sp³-hybridized carbons (Fsp3) is 0.200. The molecular weight excluding hydrogens is 374 g/mol. The SMILES string of the molecule is N#Cc1c(N=Cc2cncc(N3CCCC3)c2)n[nH]c1Nc1cccc(Cl)c1. The normalized spacial score (nSPS) is 13.8. The van der Waals surface area contributed by atoms with Gasteiger partial charge in [0.05, 0.1) is 11.9 Å². The molecule has 140 valence electrons. The Morgan fingerprint density at radius 1 is 1.25 bits per heavy atom. The van der Waals surface area contributed by atoms with E-state index in [0.29, 0.717) is 22.2 Å². The maximum absolute atomic E-state index is 9.54. The highest BCUT2D eigenvalue weighted by Gasteiger charge is 2.14. The highest BCUT2D eigenvalue weighted by Crippen LogP contribution is 2.27. The lowest BCUT2D eigenvalue weighted by Crippen LogP contribution is -2.17. The van der Waals surface area contributed by atoms with Crippen molar-refractivity contribution in [3.05, 3.63) is 58.9 Å². The van der Waals surface area contributed by atoms with Gasteiger partial charge in [-0.25, -0.2) is 4.99 Å². The third-order valence-electron chi connectivity index (χ3n) is 4.51. The average Bonchev–Trinajstić information content (AvgIpc) is 3.37. The Hall–Kier alpha value is -3.37. The van der Waals surface area contributed by atoms with Gasteiger partial charge in [-0.3, -0.25) is 10.1 Å². The maximum Gasteiger partial charge on any atom is 0.193 e. The number of pyridine rings is 1. The average molecular weight is 392 g/mol. The van der Waals surface area contributed by atoms with E-state index in [2.05, 4.69) is 36.5 Å². The van der Waals surface area contributed by atoms with Crippen LogP contribution in [-0.4, -0.2) is 34.5 Å². The number of aromatic nitrogens is 3. The Kier molecular flexibility index (Phi) is 5.22. The van der Waals surface area contributed by atoms with Crippen molar-refractivity contribution in [3.63, 3.8) is 0 Å². The number of hydrogen-bond acceptors (Lipinski definition) is 6. The molecule has 0 amide bonds. The number of nitriles is 1. The minimum Gasteiger partial charge on any atom is -0.370 e. The Balaban J connectivity index is 1.54. The van der Waals surface area contributed by atoms with Gasteiger partial charge >= 0.3 is 0 Å². The molecule has 0 saturated carbocycles. The molecule has 2 aromatic heterocycles. The smallest absolute Gasteiger partial charge is 0.193 e. The topological polar surface area (TPSA) is 93.0 Å². The van der Waals surface area contributed by atoms with Crippen molar-refractivity contribution in [3.8, 4) is 6.07 Å². The van der Waals surface area contributed by atoms with Crippen LogP contribution in [0.15, 0.2) is 47.7 Å². The van der Waals surface area contributed by atoms with Crippen LogP contribution in [0.5, 0.6) is 0 Å². The molecule has 0 unspecified atom stereocenters. The first-order valence-electron chi connectivity index (χ1n) is 8.98. The number of anilines is 3. The summed E-state index contributed by atoms with van der Waals surface area (Å²) in [5.41, 5.74) is 3.04. The third kappa shape index (κ3) is 3.97. The van der Waals surface area contributed by atoms with Crippen molar-refractivity contribution in [2.24, 2.45) is 4.99 Å². The number of H-pyrrole nitrogens is 1. The summed E-state index contributed by atoms with van der Waals surface area (Å²) in [5.74, 6) is 0.791. The van der Waals surface area contributed by atoms with Crippen LogP contribution in [0.25, 0.3) is 0 Å². The number of nitrogens with zero attached hydrogens (tertiary/aromatic N) is 5. The molecule has 28 heavy (non-hydrogen) atoms. The second kappa shape index (κ2) is 8.11. The number of benzene rings is 1. The van der Waals surface area contributed by atoms with Gasteiger partial charge in [-0.1, -0.05) is 17.7 Å². The molecule has 7 nitrogen and oxygen atoms in total. The largest absolute Gasteiger partial charge is 0.370 e. The lowest BCUT2D eigenvalue weighted by molar-refractivity contribution is 0.949. The van der Waals surface area contributed by atoms with Crippen LogP contribution < -0.4 is 10.2 Å². The van der Waals surface area contributed by atoms with Crippen molar-refractivity contribution >= 4 is 40.8 Å². The molecule has 3 aromatic rings. The molecule has 0 spiro atoms. The second-order valence-corrected chi connectivity index (χ2v) is 6.91. The van der Waals surface area contributed by atoms with Crippen LogP contribution in [0.4, 0.5) is 23.0 Å². The summed E-state index contributed by atoms with van der Waals surface area (Å²) in [7, 11) is 0. The lowest BCUT2D eigenvalue weighted by atomic mass is 10.2. The summed E-state index contributed by atoms with van der Waals surface area (Å²) in [4.78, 5) is 11.0. The zero-order chi connectivity index (χ0) is 19.3. The molecule has 4 rings (SSSR count). The van der Waals surface area contributed by atoms with Gasteiger partial charge in [0.25, 0.3) is 0 Å². The molecule has 2 N–H and O–H groups in total. The highest BCUT2D eigenvalue weighted by atomic mass is 35.5. The van der Waals surface area contributed by atoms with Gasteiger partial charge in [-0.2, -0.15) is 10.4 Å². The molecule has 3 heterocycles. The predicted octanol–water partition coefficient (Wildman–Crippen LogP) is 4.42. The predicted molar refractivity (Wildman–Crippen MR) is 111 cm³/mol. The van der Waals surface area contributed by atoms with Crippen LogP contribution >= 0.6 is 11.6 Å². The Morgan fingerprint density at radius 2 is 2.11 bits per heavy atom. The van der Waals surface area contributed by atoms with E-state index in [4.69, 9.17) is 11.6 Å². The van der Waals surface area contributed by atoms with Crippen molar-refractivity contribution in [1.82, 2.24) is 15.2 Å². The summed E-state index contributed by atoms with van der Waals surface area (Å²) in [6.07, 6.45) is 7.70. The molecule has 1 fully saturated rings. The molecule has 1 aliphatic rings. The fourth-order valence-corrected chi connectivity index (χ4v) is 3.32. The van der Waals surface area contributed by atoms with Crippen LogP contribution in [0.3, 0.4) is 0 Å². The molecule has 0 radical (unpaired) electrons. The molecule has 1 saturated heterocycles. The summed E-state index contributed by atoms with van der Waals surface area (Å²) < 4.78 is 0. The van der Waals surface area contributed by atoms with Gasteiger partial charge in [-0.05, 0) is 37.1 Å². The third-order valence-corrected chi connectivity index (χ3v) is 4.74. The number of nitrogens with one attached hydrogen (secondary N) is 2. The van der Waals surface area contributed by atoms with Crippen molar-refractivity contribution in [2.45, 2.75) is 12.8 Å². The van der Waals surface area contributed by atoms with E-state index in [9.17, 15) is 5.26 Å². The van der Waals surface area contributed by atoms with Crippen LogP contribution in [0, 0.1) is 11.3 Å². The molecular formula is C20H18ClN7. The van der Waals surface area contributed by atoms with Gasteiger partial charge in [0.1, 0.15) is 17.5 Å². The number of aliphatic imine (C=N–C) groups is 1. The first-order chi connectivity index (χ1) is 13.7. The molecule has 8 heteroatoms. The van der Waals surface area contributed by atoms with Crippen molar-refractivity contribution in [1.29, 1.82) is 5.26 Å². The van der Waals surface area contributed by atoms with Gasteiger partial charge in [0.2, 0.25) is 0 Å². The van der Waals surface area contributed by atoms with Gasteiger partial charge < -0.3 is 10.2 Å². The zero-order valence-corrected chi connectivity index (χ0v) is 15.8. The minimum atomic E-state index is 0.318. The summed E-state index contributed by atoms with van der Waals surface area (Å²) >= 11 is 6.00. The van der Waals surface area contributed by atoms with Crippen LogP contribution in [0.1, 0.15) is 24.0 Å². The Labute approximate surface area is 167 Å². The number of halogens is 1. The van der Waals surface area contributed by atoms with E-state index in [1.165, 1.54) is 12.8 Å². The quantitative estimate of drug-likeness (QED) is 0.628. The minimum absolute atomic E-state index is 0.318. The fourth-order valence-electron chi connectivity index (χ4n) is 3.13. The molecule has 0 bridgehead atoms. The zero-order valence-electron chi connectivity index (χ0n) is 15.1. The Bertz CT molecular complexity index is 1040. The van der Waals surface area contributed by atoms with Gasteiger partial charge in [-0.15, -0.1) is 0 Å². The van der Waals surface area contributed by atoms with E-state index in [0.717, 1.165) is 30.0 Å². The number of rotatable bonds is 5.